The SMILES string of the molecule is CN(C)CCCNCc1ccc(-c2ccccc2)o1. The summed E-state index contributed by atoms with van der Waals surface area (Å²) in [6, 6.07) is 14.3. The second kappa shape index (κ2) is 7.12. The van der Waals surface area contributed by atoms with Crippen molar-refractivity contribution in [1.29, 1.82) is 0 Å². The van der Waals surface area contributed by atoms with Gasteiger partial charge in [-0.3, -0.25) is 0 Å². The quantitative estimate of drug-likeness (QED) is 0.774. The lowest BCUT2D eigenvalue weighted by atomic mass is 10.2. The molecule has 102 valence electrons. The first-order valence-corrected chi connectivity index (χ1v) is 6.75. The van der Waals surface area contributed by atoms with E-state index in [-0.39, 0.29) is 0 Å². The van der Waals surface area contributed by atoms with Crippen LogP contribution in [-0.2, 0) is 6.54 Å². The van der Waals surface area contributed by atoms with Crippen LogP contribution < -0.4 is 5.32 Å². The Balaban J connectivity index is 1.78. The van der Waals surface area contributed by atoms with Crippen molar-refractivity contribution in [3.63, 3.8) is 0 Å². The van der Waals surface area contributed by atoms with Gasteiger partial charge in [0.1, 0.15) is 11.5 Å². The molecular formula is C16H22N2O. The lowest BCUT2D eigenvalue weighted by Gasteiger charge is -2.09. The molecule has 1 N–H and O–H groups in total. The first kappa shape index (κ1) is 13.8. The molecule has 0 spiro atoms. The van der Waals surface area contributed by atoms with E-state index in [2.05, 4.69) is 36.4 Å². The minimum absolute atomic E-state index is 0.792. The second-order valence-corrected chi connectivity index (χ2v) is 4.97. The van der Waals surface area contributed by atoms with Gasteiger partial charge in [-0.1, -0.05) is 30.3 Å². The number of nitrogens with one attached hydrogen (secondary N) is 1. The van der Waals surface area contributed by atoms with Gasteiger partial charge in [-0.25, -0.2) is 0 Å². The largest absolute Gasteiger partial charge is 0.460 e. The highest BCUT2D eigenvalue weighted by Crippen LogP contribution is 2.21. The lowest BCUT2D eigenvalue weighted by Crippen LogP contribution is -2.20. The predicted octanol–water partition coefficient (Wildman–Crippen LogP) is 2.99. The highest BCUT2D eigenvalue weighted by molar-refractivity contribution is 5.57. The molecule has 0 bridgehead atoms. The molecule has 19 heavy (non-hydrogen) atoms. The molecule has 1 aromatic heterocycles. The Morgan fingerprint density at radius 3 is 2.58 bits per heavy atom. The van der Waals surface area contributed by atoms with Crippen LogP contribution in [0.25, 0.3) is 11.3 Å². The number of rotatable bonds is 7. The predicted molar refractivity (Wildman–Crippen MR) is 79.0 cm³/mol. The van der Waals surface area contributed by atoms with Crippen LogP contribution in [0.15, 0.2) is 46.9 Å². The average molecular weight is 258 g/mol. The second-order valence-electron chi connectivity index (χ2n) is 4.97. The Labute approximate surface area is 115 Å². The third-order valence-electron chi connectivity index (χ3n) is 2.98. The Bertz CT molecular complexity index is 477. The van der Waals surface area contributed by atoms with Gasteiger partial charge in [0.05, 0.1) is 6.54 Å². The van der Waals surface area contributed by atoms with Gasteiger partial charge in [-0.2, -0.15) is 0 Å². The number of hydrogen-bond acceptors (Lipinski definition) is 3. The van der Waals surface area contributed by atoms with Gasteiger partial charge < -0.3 is 14.6 Å². The molecule has 0 aliphatic heterocycles. The van der Waals surface area contributed by atoms with Crippen molar-refractivity contribution in [1.82, 2.24) is 10.2 Å². The smallest absolute Gasteiger partial charge is 0.134 e. The van der Waals surface area contributed by atoms with E-state index in [0.29, 0.717) is 0 Å². The molecule has 0 unspecified atom stereocenters. The molecule has 0 aliphatic carbocycles. The van der Waals surface area contributed by atoms with Gasteiger partial charge in [-0.15, -0.1) is 0 Å². The zero-order chi connectivity index (χ0) is 13.5. The maximum absolute atomic E-state index is 5.82. The highest BCUT2D eigenvalue weighted by Gasteiger charge is 2.03. The zero-order valence-electron chi connectivity index (χ0n) is 11.7. The third-order valence-corrected chi connectivity index (χ3v) is 2.98. The summed E-state index contributed by atoms with van der Waals surface area (Å²) in [6.07, 6.45) is 1.15. The lowest BCUT2D eigenvalue weighted by molar-refractivity contribution is 0.391. The molecule has 2 rings (SSSR count). The normalized spacial score (nSPS) is 11.1. The number of furan rings is 1. The van der Waals surface area contributed by atoms with Crippen molar-refractivity contribution in [2.75, 3.05) is 27.2 Å². The van der Waals surface area contributed by atoms with Gasteiger partial charge in [0.15, 0.2) is 0 Å². The van der Waals surface area contributed by atoms with E-state index in [0.717, 1.165) is 43.1 Å². The van der Waals surface area contributed by atoms with Crippen molar-refractivity contribution < 1.29 is 4.42 Å². The molecule has 3 heteroatoms. The minimum Gasteiger partial charge on any atom is -0.460 e. The van der Waals surface area contributed by atoms with E-state index < -0.39 is 0 Å². The van der Waals surface area contributed by atoms with E-state index in [1.165, 1.54) is 0 Å². The fraction of sp³-hybridized carbons (Fsp3) is 0.375. The molecule has 0 radical (unpaired) electrons. The average Bonchev–Trinajstić information content (AvgIpc) is 2.88. The van der Waals surface area contributed by atoms with Crippen LogP contribution in [0.2, 0.25) is 0 Å². The van der Waals surface area contributed by atoms with Crippen LogP contribution in [0.4, 0.5) is 0 Å². The fourth-order valence-electron chi connectivity index (χ4n) is 1.96. The van der Waals surface area contributed by atoms with Gasteiger partial charge in [0.25, 0.3) is 0 Å². The van der Waals surface area contributed by atoms with Crippen molar-refractivity contribution in [2.45, 2.75) is 13.0 Å². The van der Waals surface area contributed by atoms with Gasteiger partial charge >= 0.3 is 0 Å². The maximum Gasteiger partial charge on any atom is 0.134 e. The van der Waals surface area contributed by atoms with Gasteiger partial charge in [-0.05, 0) is 45.7 Å². The molecule has 0 fully saturated rings. The maximum atomic E-state index is 5.82. The monoisotopic (exact) mass is 258 g/mol. The topological polar surface area (TPSA) is 28.4 Å². The van der Waals surface area contributed by atoms with Crippen molar-refractivity contribution >= 4 is 0 Å². The third kappa shape index (κ3) is 4.54. The summed E-state index contributed by atoms with van der Waals surface area (Å²) in [7, 11) is 4.19. The summed E-state index contributed by atoms with van der Waals surface area (Å²) in [5.41, 5.74) is 1.13. The number of benzene rings is 1. The Hall–Kier alpha value is -1.58. The molecule has 2 aromatic rings. The summed E-state index contributed by atoms with van der Waals surface area (Å²) in [6.45, 7) is 2.92. The molecule has 0 atom stereocenters. The van der Waals surface area contributed by atoms with Crippen LogP contribution in [0, 0.1) is 0 Å². The molecule has 0 aliphatic rings. The summed E-state index contributed by atoms with van der Waals surface area (Å²) in [4.78, 5) is 2.20. The van der Waals surface area contributed by atoms with Crippen LogP contribution >= 0.6 is 0 Å². The molecule has 0 saturated heterocycles. The van der Waals surface area contributed by atoms with E-state index in [4.69, 9.17) is 4.42 Å². The van der Waals surface area contributed by atoms with E-state index in [9.17, 15) is 0 Å². The van der Waals surface area contributed by atoms with Crippen LogP contribution in [0.5, 0.6) is 0 Å². The summed E-state index contributed by atoms with van der Waals surface area (Å²) >= 11 is 0. The van der Waals surface area contributed by atoms with Gasteiger partial charge in [0, 0.05) is 5.56 Å². The molecular weight excluding hydrogens is 236 g/mol. The Kier molecular flexibility index (Phi) is 5.19. The summed E-state index contributed by atoms with van der Waals surface area (Å²) in [5, 5.41) is 3.40. The standard InChI is InChI=1S/C16H22N2O/c1-18(2)12-6-11-17-13-15-9-10-16(19-15)14-7-4-3-5-8-14/h3-5,7-10,17H,6,11-13H2,1-2H3. The van der Waals surface area contributed by atoms with Crippen molar-refractivity contribution in [3.05, 3.63) is 48.2 Å². The number of hydrogen-bond donors (Lipinski definition) is 1. The van der Waals surface area contributed by atoms with E-state index in [1.54, 1.807) is 0 Å². The zero-order valence-corrected chi connectivity index (χ0v) is 11.7. The van der Waals surface area contributed by atoms with Crippen LogP contribution in [-0.4, -0.2) is 32.1 Å². The number of nitrogens with zero attached hydrogens (tertiary/aromatic N) is 1. The van der Waals surface area contributed by atoms with E-state index in [1.807, 2.05) is 30.3 Å². The summed E-state index contributed by atoms with van der Waals surface area (Å²) in [5.74, 6) is 1.93. The molecule has 1 heterocycles. The first-order chi connectivity index (χ1) is 9.25. The van der Waals surface area contributed by atoms with Crippen LogP contribution in [0.3, 0.4) is 0 Å². The van der Waals surface area contributed by atoms with Crippen molar-refractivity contribution in [3.8, 4) is 11.3 Å². The van der Waals surface area contributed by atoms with Crippen molar-refractivity contribution in [2.24, 2.45) is 0 Å². The Morgan fingerprint density at radius 1 is 1.05 bits per heavy atom. The van der Waals surface area contributed by atoms with Crippen LogP contribution in [0.1, 0.15) is 12.2 Å². The minimum atomic E-state index is 0.792. The van der Waals surface area contributed by atoms with Gasteiger partial charge in [0.2, 0.25) is 0 Å². The molecule has 0 amide bonds. The molecule has 0 saturated carbocycles. The Morgan fingerprint density at radius 2 is 1.84 bits per heavy atom. The van der Waals surface area contributed by atoms with E-state index >= 15 is 0 Å². The fourth-order valence-corrected chi connectivity index (χ4v) is 1.96. The first-order valence-electron chi connectivity index (χ1n) is 6.75. The summed E-state index contributed by atoms with van der Waals surface area (Å²) < 4.78 is 5.82. The molecule has 3 nitrogen and oxygen atoms in total. The highest BCUT2D eigenvalue weighted by atomic mass is 16.3. The molecule has 1 aromatic carbocycles.